The van der Waals surface area contributed by atoms with Gasteiger partial charge in [0.05, 0.1) is 5.56 Å². The van der Waals surface area contributed by atoms with Gasteiger partial charge in [0, 0.05) is 24.7 Å². The topological polar surface area (TPSA) is 53.0 Å². The lowest BCUT2D eigenvalue weighted by Gasteiger charge is -2.30. The molecule has 4 heteroatoms. The number of halogens is 1. The number of nitrogens with two attached hydrogens (primary N) is 1. The molecule has 1 aromatic rings. The summed E-state index contributed by atoms with van der Waals surface area (Å²) < 4.78 is 13.8. The summed E-state index contributed by atoms with van der Waals surface area (Å²) in [5.74, 6) is -0.394. The van der Waals surface area contributed by atoms with E-state index >= 15 is 0 Å². The second kappa shape index (κ2) is 5.26. The lowest BCUT2D eigenvalue weighted by Crippen LogP contribution is -2.42. The SMILES string of the molecule is N#Cc1cccc(CN2CCC[C@@H](N)C2)c1F. The molecule has 0 aromatic heterocycles. The zero-order chi connectivity index (χ0) is 12.3. The van der Waals surface area contributed by atoms with Crippen molar-refractivity contribution in [2.75, 3.05) is 13.1 Å². The second-order valence-corrected chi connectivity index (χ2v) is 4.53. The highest BCUT2D eigenvalue weighted by Gasteiger charge is 2.18. The molecule has 0 saturated carbocycles. The molecule has 0 spiro atoms. The zero-order valence-corrected chi connectivity index (χ0v) is 9.69. The molecular weight excluding hydrogens is 217 g/mol. The highest BCUT2D eigenvalue weighted by Crippen LogP contribution is 2.17. The zero-order valence-electron chi connectivity index (χ0n) is 9.69. The minimum absolute atomic E-state index is 0.115. The Morgan fingerprint density at radius 3 is 3.06 bits per heavy atom. The number of nitrogens with zero attached hydrogens (tertiary/aromatic N) is 2. The van der Waals surface area contributed by atoms with Crippen molar-refractivity contribution in [3.63, 3.8) is 0 Å². The van der Waals surface area contributed by atoms with Crippen molar-refractivity contribution in [2.45, 2.75) is 25.4 Å². The predicted octanol–water partition coefficient (Wildman–Crippen LogP) is 1.62. The standard InChI is InChI=1S/C13H16FN3/c14-13-10(7-15)3-1-4-11(13)8-17-6-2-5-12(16)9-17/h1,3-4,12H,2,5-6,8-9,16H2/t12-/m1/s1. The molecule has 2 rings (SSSR count). The Kier molecular flexibility index (Phi) is 3.72. The fourth-order valence-electron chi connectivity index (χ4n) is 2.26. The molecule has 0 amide bonds. The summed E-state index contributed by atoms with van der Waals surface area (Å²) >= 11 is 0. The third-order valence-corrected chi connectivity index (χ3v) is 3.14. The molecule has 0 unspecified atom stereocenters. The maximum Gasteiger partial charge on any atom is 0.145 e. The van der Waals surface area contributed by atoms with Gasteiger partial charge in [-0.3, -0.25) is 4.90 Å². The van der Waals surface area contributed by atoms with Crippen LogP contribution >= 0.6 is 0 Å². The van der Waals surface area contributed by atoms with E-state index in [2.05, 4.69) is 4.90 Å². The van der Waals surface area contributed by atoms with E-state index in [9.17, 15) is 4.39 Å². The molecule has 0 aliphatic carbocycles. The van der Waals surface area contributed by atoms with Gasteiger partial charge in [0.25, 0.3) is 0 Å². The van der Waals surface area contributed by atoms with E-state index in [0.717, 1.165) is 25.9 Å². The fourth-order valence-corrected chi connectivity index (χ4v) is 2.26. The predicted molar refractivity (Wildman–Crippen MR) is 63.6 cm³/mol. The molecule has 1 fully saturated rings. The minimum Gasteiger partial charge on any atom is -0.327 e. The van der Waals surface area contributed by atoms with Gasteiger partial charge in [-0.25, -0.2) is 4.39 Å². The van der Waals surface area contributed by atoms with Gasteiger partial charge < -0.3 is 5.73 Å². The van der Waals surface area contributed by atoms with Crippen LogP contribution in [-0.2, 0) is 6.54 Å². The van der Waals surface area contributed by atoms with Crippen molar-refractivity contribution < 1.29 is 4.39 Å². The van der Waals surface area contributed by atoms with E-state index in [1.807, 2.05) is 6.07 Å². The fraction of sp³-hybridized carbons (Fsp3) is 0.462. The van der Waals surface area contributed by atoms with Gasteiger partial charge in [0.15, 0.2) is 0 Å². The summed E-state index contributed by atoms with van der Waals surface area (Å²) in [7, 11) is 0. The average Bonchev–Trinajstić information content (AvgIpc) is 2.32. The van der Waals surface area contributed by atoms with Crippen molar-refractivity contribution in [1.82, 2.24) is 4.90 Å². The molecular formula is C13H16FN3. The molecule has 1 aromatic carbocycles. The quantitative estimate of drug-likeness (QED) is 0.844. The Balaban J connectivity index is 2.11. The molecule has 17 heavy (non-hydrogen) atoms. The number of hydrogen-bond donors (Lipinski definition) is 1. The van der Waals surface area contributed by atoms with Crippen molar-refractivity contribution in [3.05, 3.63) is 35.1 Å². The van der Waals surface area contributed by atoms with Crippen LogP contribution in [0.1, 0.15) is 24.0 Å². The van der Waals surface area contributed by atoms with Crippen LogP contribution in [0.15, 0.2) is 18.2 Å². The van der Waals surface area contributed by atoms with E-state index in [1.54, 1.807) is 12.1 Å². The first-order chi connectivity index (χ1) is 8.20. The van der Waals surface area contributed by atoms with E-state index in [-0.39, 0.29) is 11.6 Å². The van der Waals surface area contributed by atoms with Crippen LogP contribution < -0.4 is 5.73 Å². The van der Waals surface area contributed by atoms with E-state index in [4.69, 9.17) is 11.0 Å². The maximum atomic E-state index is 13.8. The Morgan fingerprint density at radius 1 is 1.53 bits per heavy atom. The minimum atomic E-state index is -0.394. The van der Waals surface area contributed by atoms with Crippen LogP contribution in [0.2, 0.25) is 0 Å². The van der Waals surface area contributed by atoms with Crippen LogP contribution in [0.25, 0.3) is 0 Å². The maximum absolute atomic E-state index is 13.8. The molecule has 2 N–H and O–H groups in total. The number of likely N-dealkylation sites (tertiary alicyclic amines) is 1. The van der Waals surface area contributed by atoms with Crippen molar-refractivity contribution in [2.24, 2.45) is 5.73 Å². The summed E-state index contributed by atoms with van der Waals surface area (Å²) in [5, 5.41) is 8.77. The van der Waals surface area contributed by atoms with Crippen molar-refractivity contribution >= 4 is 0 Å². The third-order valence-electron chi connectivity index (χ3n) is 3.14. The molecule has 1 heterocycles. The molecule has 1 atom stereocenters. The highest BCUT2D eigenvalue weighted by molar-refractivity contribution is 5.34. The van der Waals surface area contributed by atoms with E-state index in [0.29, 0.717) is 12.1 Å². The van der Waals surface area contributed by atoms with Gasteiger partial charge in [0.1, 0.15) is 11.9 Å². The van der Waals surface area contributed by atoms with Crippen molar-refractivity contribution in [1.29, 1.82) is 5.26 Å². The number of hydrogen-bond acceptors (Lipinski definition) is 3. The average molecular weight is 233 g/mol. The number of piperidine rings is 1. The Hall–Kier alpha value is -1.44. The summed E-state index contributed by atoms with van der Waals surface area (Å²) in [6, 6.07) is 7.01. The Bertz CT molecular complexity index is 439. The van der Waals surface area contributed by atoms with Gasteiger partial charge in [-0.2, -0.15) is 5.26 Å². The molecule has 90 valence electrons. The number of nitriles is 1. The van der Waals surface area contributed by atoms with E-state index in [1.165, 1.54) is 6.07 Å². The summed E-state index contributed by atoms with van der Waals surface area (Å²) in [6.45, 7) is 2.29. The second-order valence-electron chi connectivity index (χ2n) is 4.53. The summed E-state index contributed by atoms with van der Waals surface area (Å²) in [4.78, 5) is 2.15. The number of rotatable bonds is 2. The molecule has 3 nitrogen and oxygen atoms in total. The van der Waals surface area contributed by atoms with Crippen LogP contribution in [0, 0.1) is 17.1 Å². The lowest BCUT2D eigenvalue weighted by molar-refractivity contribution is 0.199. The summed E-state index contributed by atoms with van der Waals surface area (Å²) in [5.41, 5.74) is 6.58. The largest absolute Gasteiger partial charge is 0.327 e. The van der Waals surface area contributed by atoms with Gasteiger partial charge in [-0.1, -0.05) is 12.1 Å². The third kappa shape index (κ3) is 2.82. The molecule has 1 saturated heterocycles. The van der Waals surface area contributed by atoms with Gasteiger partial charge >= 0.3 is 0 Å². The van der Waals surface area contributed by atoms with Gasteiger partial charge in [0.2, 0.25) is 0 Å². The summed E-state index contributed by atoms with van der Waals surface area (Å²) in [6.07, 6.45) is 2.10. The molecule has 1 aliphatic rings. The first kappa shape index (κ1) is 12.0. The molecule has 0 radical (unpaired) electrons. The van der Waals surface area contributed by atoms with Crippen LogP contribution in [0.5, 0.6) is 0 Å². The monoisotopic (exact) mass is 233 g/mol. The lowest BCUT2D eigenvalue weighted by atomic mass is 10.0. The number of benzene rings is 1. The Morgan fingerprint density at radius 2 is 2.35 bits per heavy atom. The smallest absolute Gasteiger partial charge is 0.145 e. The van der Waals surface area contributed by atoms with Gasteiger partial charge in [-0.15, -0.1) is 0 Å². The van der Waals surface area contributed by atoms with Crippen LogP contribution in [0.3, 0.4) is 0 Å². The van der Waals surface area contributed by atoms with Crippen LogP contribution in [0.4, 0.5) is 4.39 Å². The normalized spacial score (nSPS) is 21.1. The molecule has 1 aliphatic heterocycles. The molecule has 0 bridgehead atoms. The highest BCUT2D eigenvalue weighted by atomic mass is 19.1. The van der Waals surface area contributed by atoms with Gasteiger partial charge in [-0.05, 0) is 25.5 Å². The van der Waals surface area contributed by atoms with Crippen molar-refractivity contribution in [3.8, 4) is 6.07 Å². The van der Waals surface area contributed by atoms with Crippen LogP contribution in [-0.4, -0.2) is 24.0 Å². The first-order valence-electron chi connectivity index (χ1n) is 5.86. The Labute approximate surface area is 101 Å². The van der Waals surface area contributed by atoms with E-state index < -0.39 is 5.82 Å². The first-order valence-corrected chi connectivity index (χ1v) is 5.86.